The summed E-state index contributed by atoms with van der Waals surface area (Å²) in [6, 6.07) is 0. The van der Waals surface area contributed by atoms with Gasteiger partial charge in [0.2, 0.25) is 0 Å². The third kappa shape index (κ3) is 70.3. The van der Waals surface area contributed by atoms with Gasteiger partial charge in [-0.2, -0.15) is 0 Å². The summed E-state index contributed by atoms with van der Waals surface area (Å²) in [7, 11) is -9.91. The Kier molecular flexibility index (Phi) is 66.5. The molecule has 0 fully saturated rings. The number of carbonyl (C=O) groups is 4. The van der Waals surface area contributed by atoms with Gasteiger partial charge in [-0.15, -0.1) is 0 Å². The zero-order valence-electron chi connectivity index (χ0n) is 62.0. The van der Waals surface area contributed by atoms with Crippen molar-refractivity contribution in [1.29, 1.82) is 0 Å². The number of unbranched alkanes of at least 4 members (excludes halogenated alkanes) is 45. The van der Waals surface area contributed by atoms with E-state index in [9.17, 15) is 43.2 Å². The summed E-state index contributed by atoms with van der Waals surface area (Å²) >= 11 is 0. The van der Waals surface area contributed by atoms with Gasteiger partial charge in [-0.1, -0.05) is 343 Å². The summed E-state index contributed by atoms with van der Waals surface area (Å²) in [5.74, 6) is -0.574. The molecule has 5 atom stereocenters. The van der Waals surface area contributed by atoms with Crippen molar-refractivity contribution in [1.82, 2.24) is 0 Å². The van der Waals surface area contributed by atoms with Crippen LogP contribution in [-0.4, -0.2) is 96.7 Å². The number of aliphatic hydroxyl groups excluding tert-OH is 1. The maximum atomic E-state index is 13.1. The number of rotatable bonds is 75. The summed E-state index contributed by atoms with van der Waals surface area (Å²) < 4.78 is 68.6. The van der Waals surface area contributed by atoms with Crippen LogP contribution >= 0.6 is 15.6 Å². The van der Waals surface area contributed by atoms with Crippen LogP contribution in [0.2, 0.25) is 0 Å². The summed E-state index contributed by atoms with van der Waals surface area (Å²) in [6.07, 6.45) is 55.3. The molecule has 0 spiro atoms. The van der Waals surface area contributed by atoms with E-state index in [0.29, 0.717) is 25.7 Å². The lowest BCUT2D eigenvalue weighted by Gasteiger charge is -2.21. The van der Waals surface area contributed by atoms with Gasteiger partial charge in [-0.05, 0) is 37.5 Å². The number of carbonyl (C=O) groups excluding carboxylic acids is 4. The Morgan fingerprint density at radius 3 is 0.716 bits per heavy atom. The molecule has 564 valence electrons. The predicted octanol–water partition coefficient (Wildman–Crippen LogP) is 22.3. The molecule has 0 aliphatic heterocycles. The minimum absolute atomic E-state index is 0.106. The predicted molar refractivity (Wildman–Crippen MR) is 386 cm³/mol. The van der Waals surface area contributed by atoms with E-state index in [4.69, 9.17) is 37.0 Å². The van der Waals surface area contributed by atoms with E-state index in [-0.39, 0.29) is 25.7 Å². The van der Waals surface area contributed by atoms with Crippen LogP contribution in [0.25, 0.3) is 0 Å². The average Bonchev–Trinajstić information content (AvgIpc) is 1.71. The molecule has 0 aliphatic carbocycles. The second-order valence-corrected chi connectivity index (χ2v) is 31.3. The third-order valence-electron chi connectivity index (χ3n) is 17.7. The fourth-order valence-electron chi connectivity index (χ4n) is 11.7. The Hall–Kier alpha value is -1.94. The maximum Gasteiger partial charge on any atom is 0.472 e. The highest BCUT2D eigenvalue weighted by atomic mass is 31.2. The van der Waals surface area contributed by atoms with Crippen LogP contribution in [-0.2, 0) is 65.4 Å². The Morgan fingerprint density at radius 1 is 0.284 bits per heavy atom. The Labute approximate surface area is 581 Å². The van der Waals surface area contributed by atoms with Crippen molar-refractivity contribution >= 4 is 39.5 Å². The van der Waals surface area contributed by atoms with Crippen LogP contribution < -0.4 is 0 Å². The van der Waals surface area contributed by atoms with Crippen LogP contribution in [0.5, 0.6) is 0 Å². The molecular formula is C76H148O17P2. The third-order valence-corrected chi connectivity index (χ3v) is 19.6. The van der Waals surface area contributed by atoms with Crippen LogP contribution in [0.4, 0.5) is 0 Å². The van der Waals surface area contributed by atoms with Crippen molar-refractivity contribution in [2.75, 3.05) is 39.6 Å². The van der Waals surface area contributed by atoms with Crippen LogP contribution in [0.1, 0.15) is 395 Å². The van der Waals surface area contributed by atoms with Gasteiger partial charge in [0.1, 0.15) is 19.3 Å². The van der Waals surface area contributed by atoms with Gasteiger partial charge in [0.25, 0.3) is 0 Å². The molecule has 0 aromatic carbocycles. The zero-order chi connectivity index (χ0) is 70.0. The molecule has 0 saturated heterocycles. The van der Waals surface area contributed by atoms with Crippen molar-refractivity contribution < 1.29 is 80.2 Å². The first-order chi connectivity index (χ1) is 45.9. The SMILES string of the molecule is CCCCCCCCCCCCCCCCC(=O)OC[C@H](COP(=O)(O)OC[C@@H](O)COP(=O)(O)OC[C@@H](COC(=O)CCCCCCCCCCCCCC)OC(=O)CCCCCCCCCCCCC(C)C)OC(=O)CCCCCCCCCCCCCCCC(C)C. The van der Waals surface area contributed by atoms with Crippen molar-refractivity contribution in [3.8, 4) is 0 Å². The maximum absolute atomic E-state index is 13.1. The van der Waals surface area contributed by atoms with E-state index in [1.54, 1.807) is 0 Å². The van der Waals surface area contributed by atoms with Gasteiger partial charge in [0.05, 0.1) is 26.4 Å². The monoisotopic (exact) mass is 1400 g/mol. The number of aliphatic hydroxyl groups is 1. The molecule has 19 heteroatoms. The Balaban J connectivity index is 5.26. The molecular weight excluding hydrogens is 1250 g/mol. The molecule has 95 heavy (non-hydrogen) atoms. The highest BCUT2D eigenvalue weighted by Gasteiger charge is 2.30. The fraction of sp³-hybridized carbons (Fsp3) is 0.947. The summed E-state index contributed by atoms with van der Waals surface area (Å²) in [5, 5.41) is 10.6. The normalized spacial score (nSPS) is 14.0. The first kappa shape index (κ1) is 93.1. The standard InChI is InChI=1S/C76H148O17P2/c1-7-9-11-13-15-17-19-21-24-28-35-41-47-53-59-74(79)87-64-71(92-75(80)60-54-48-42-36-29-25-22-23-26-32-38-44-50-56-68(3)4)66-90-94(82,83)88-62-70(77)63-89-95(84,85)91-67-72(65-86-73(78)58-52-46-40-34-27-20-18-16-14-12-10-8-2)93-76(81)61-55-49-43-37-31-30-33-39-45-51-57-69(5)6/h68-72,77H,7-67H2,1-6H3,(H,82,83)(H,84,85)/t70-,71-,72-/m1/s1. The molecule has 0 radical (unpaired) electrons. The second kappa shape index (κ2) is 67.9. The van der Waals surface area contributed by atoms with Gasteiger partial charge < -0.3 is 33.8 Å². The molecule has 17 nitrogen and oxygen atoms in total. The fourth-order valence-corrected chi connectivity index (χ4v) is 13.2. The zero-order valence-corrected chi connectivity index (χ0v) is 63.8. The molecule has 2 unspecified atom stereocenters. The molecule has 0 rings (SSSR count). The first-order valence-electron chi connectivity index (χ1n) is 39.5. The largest absolute Gasteiger partial charge is 0.472 e. The van der Waals surface area contributed by atoms with E-state index >= 15 is 0 Å². The molecule has 0 aliphatic rings. The van der Waals surface area contributed by atoms with E-state index in [2.05, 4.69) is 41.5 Å². The summed E-state index contributed by atoms with van der Waals surface area (Å²) in [6.45, 7) is 9.61. The quantitative estimate of drug-likeness (QED) is 0.0222. The van der Waals surface area contributed by atoms with Gasteiger partial charge in [-0.3, -0.25) is 37.3 Å². The van der Waals surface area contributed by atoms with E-state index in [0.717, 1.165) is 102 Å². The van der Waals surface area contributed by atoms with E-state index in [1.165, 1.54) is 212 Å². The van der Waals surface area contributed by atoms with Crippen molar-refractivity contribution in [3.63, 3.8) is 0 Å². The van der Waals surface area contributed by atoms with Crippen molar-refractivity contribution in [2.24, 2.45) is 11.8 Å². The highest BCUT2D eigenvalue weighted by Crippen LogP contribution is 2.45. The number of hydrogen-bond acceptors (Lipinski definition) is 15. The lowest BCUT2D eigenvalue weighted by molar-refractivity contribution is -0.161. The number of esters is 4. The number of hydrogen-bond donors (Lipinski definition) is 3. The Morgan fingerprint density at radius 2 is 0.484 bits per heavy atom. The minimum atomic E-state index is -4.96. The topological polar surface area (TPSA) is 237 Å². The Bertz CT molecular complexity index is 1840. The number of ether oxygens (including phenoxy) is 4. The lowest BCUT2D eigenvalue weighted by Crippen LogP contribution is -2.30. The molecule has 0 saturated carbocycles. The molecule has 0 aromatic rings. The van der Waals surface area contributed by atoms with Gasteiger partial charge in [-0.25, -0.2) is 9.13 Å². The summed E-state index contributed by atoms with van der Waals surface area (Å²) in [5.41, 5.74) is 0. The van der Waals surface area contributed by atoms with Gasteiger partial charge in [0, 0.05) is 25.7 Å². The minimum Gasteiger partial charge on any atom is -0.462 e. The molecule has 0 amide bonds. The van der Waals surface area contributed by atoms with Crippen LogP contribution in [0.15, 0.2) is 0 Å². The van der Waals surface area contributed by atoms with Gasteiger partial charge in [0.15, 0.2) is 12.2 Å². The van der Waals surface area contributed by atoms with Crippen molar-refractivity contribution in [2.45, 2.75) is 413 Å². The molecule has 3 N–H and O–H groups in total. The highest BCUT2D eigenvalue weighted by molar-refractivity contribution is 7.47. The molecule has 0 bridgehead atoms. The van der Waals surface area contributed by atoms with Crippen LogP contribution in [0.3, 0.4) is 0 Å². The lowest BCUT2D eigenvalue weighted by atomic mass is 10.0. The van der Waals surface area contributed by atoms with Crippen LogP contribution in [0, 0.1) is 11.8 Å². The number of phosphoric acid groups is 2. The van der Waals surface area contributed by atoms with Gasteiger partial charge >= 0.3 is 39.5 Å². The van der Waals surface area contributed by atoms with Crippen molar-refractivity contribution in [3.05, 3.63) is 0 Å². The number of phosphoric ester groups is 2. The smallest absolute Gasteiger partial charge is 0.462 e. The molecule has 0 aromatic heterocycles. The molecule has 0 heterocycles. The first-order valence-corrected chi connectivity index (χ1v) is 42.5. The summed E-state index contributed by atoms with van der Waals surface area (Å²) in [4.78, 5) is 72.8. The average molecular weight is 1400 g/mol. The van der Waals surface area contributed by atoms with E-state index in [1.807, 2.05) is 0 Å². The second-order valence-electron chi connectivity index (χ2n) is 28.3. The van der Waals surface area contributed by atoms with E-state index < -0.39 is 97.5 Å².